The average molecular weight is 326 g/mol. The van der Waals surface area contributed by atoms with E-state index in [0.29, 0.717) is 17.2 Å². The molecule has 2 rings (SSSR count). The largest absolute Gasteiger partial charge is 0.491 e. The molecule has 1 unspecified atom stereocenters. The number of aliphatic hydroxyl groups is 1. The standard InChI is InChI=1S/C13H18N4O2S2/c1-17(2)12-15-16-13(21-12)20-8-10(18)7-19-11-5-3-4-9(14)6-11/h3-6,10,18H,7-8,14H2,1-2H3. The highest BCUT2D eigenvalue weighted by Crippen LogP contribution is 2.27. The topological polar surface area (TPSA) is 84.5 Å². The third kappa shape index (κ3) is 5.07. The first-order chi connectivity index (χ1) is 10.0. The van der Waals surface area contributed by atoms with Crippen molar-refractivity contribution in [1.82, 2.24) is 10.2 Å². The maximum atomic E-state index is 9.93. The minimum Gasteiger partial charge on any atom is -0.491 e. The van der Waals surface area contributed by atoms with Crippen molar-refractivity contribution in [2.45, 2.75) is 10.4 Å². The molecule has 0 amide bonds. The molecule has 0 saturated carbocycles. The summed E-state index contributed by atoms with van der Waals surface area (Å²) in [6.45, 7) is 0.218. The first-order valence-corrected chi connectivity index (χ1v) is 8.15. The molecule has 8 heteroatoms. The van der Waals surface area contributed by atoms with Crippen LogP contribution in [0.25, 0.3) is 0 Å². The van der Waals surface area contributed by atoms with E-state index in [1.54, 1.807) is 12.1 Å². The van der Waals surface area contributed by atoms with E-state index >= 15 is 0 Å². The van der Waals surface area contributed by atoms with Gasteiger partial charge in [0.1, 0.15) is 12.4 Å². The quantitative estimate of drug-likeness (QED) is 0.592. The van der Waals surface area contributed by atoms with E-state index in [-0.39, 0.29) is 6.61 Å². The highest BCUT2D eigenvalue weighted by atomic mass is 32.2. The molecule has 1 aromatic heterocycles. The molecule has 0 aliphatic carbocycles. The van der Waals surface area contributed by atoms with Crippen molar-refractivity contribution in [3.8, 4) is 5.75 Å². The highest BCUT2D eigenvalue weighted by molar-refractivity contribution is 8.01. The molecule has 0 saturated heterocycles. The van der Waals surface area contributed by atoms with E-state index < -0.39 is 6.10 Å². The minimum absolute atomic E-state index is 0.218. The lowest BCUT2D eigenvalue weighted by Crippen LogP contribution is -2.20. The molecule has 114 valence electrons. The fraction of sp³-hybridized carbons (Fsp3) is 0.385. The molecule has 0 bridgehead atoms. The number of aliphatic hydroxyl groups excluding tert-OH is 1. The van der Waals surface area contributed by atoms with Gasteiger partial charge in [-0.3, -0.25) is 0 Å². The summed E-state index contributed by atoms with van der Waals surface area (Å²) in [5, 5.41) is 18.9. The van der Waals surface area contributed by atoms with Crippen LogP contribution in [0.3, 0.4) is 0 Å². The van der Waals surface area contributed by atoms with Crippen molar-refractivity contribution >= 4 is 33.9 Å². The number of nitrogen functional groups attached to an aromatic ring is 1. The van der Waals surface area contributed by atoms with Crippen LogP contribution in [-0.2, 0) is 0 Å². The van der Waals surface area contributed by atoms with Crippen LogP contribution in [0.4, 0.5) is 10.8 Å². The van der Waals surface area contributed by atoms with E-state index in [9.17, 15) is 5.11 Å². The summed E-state index contributed by atoms with van der Waals surface area (Å²) >= 11 is 2.97. The van der Waals surface area contributed by atoms with Gasteiger partial charge in [-0.1, -0.05) is 29.2 Å². The van der Waals surface area contributed by atoms with Crippen LogP contribution in [0.5, 0.6) is 5.75 Å². The fourth-order valence-corrected chi connectivity index (χ4v) is 3.15. The van der Waals surface area contributed by atoms with Crippen molar-refractivity contribution in [3.63, 3.8) is 0 Å². The predicted molar refractivity (Wildman–Crippen MR) is 87.3 cm³/mol. The second-order valence-corrected chi connectivity index (χ2v) is 6.82. The van der Waals surface area contributed by atoms with Crippen molar-refractivity contribution in [2.24, 2.45) is 0 Å². The van der Waals surface area contributed by atoms with Crippen molar-refractivity contribution in [3.05, 3.63) is 24.3 Å². The van der Waals surface area contributed by atoms with Gasteiger partial charge in [0.2, 0.25) is 5.13 Å². The predicted octanol–water partition coefficient (Wildman–Crippen LogP) is 1.72. The minimum atomic E-state index is -0.580. The molecule has 0 fully saturated rings. The molecule has 0 aliphatic heterocycles. The Balaban J connectivity index is 1.75. The fourth-order valence-electron chi connectivity index (χ4n) is 1.45. The van der Waals surface area contributed by atoms with Crippen LogP contribution in [0.15, 0.2) is 28.6 Å². The molecular weight excluding hydrogens is 308 g/mol. The van der Waals surface area contributed by atoms with Crippen LogP contribution >= 0.6 is 23.1 Å². The first-order valence-electron chi connectivity index (χ1n) is 6.34. The number of thioether (sulfide) groups is 1. The van der Waals surface area contributed by atoms with Crippen LogP contribution in [0.2, 0.25) is 0 Å². The molecule has 1 atom stereocenters. The van der Waals surface area contributed by atoms with Gasteiger partial charge in [0.15, 0.2) is 4.34 Å². The summed E-state index contributed by atoms with van der Waals surface area (Å²) in [6.07, 6.45) is -0.580. The lowest BCUT2D eigenvalue weighted by Gasteiger charge is -2.11. The summed E-state index contributed by atoms with van der Waals surface area (Å²) in [6, 6.07) is 7.14. The molecule has 0 radical (unpaired) electrons. The molecule has 1 aromatic carbocycles. The zero-order valence-corrected chi connectivity index (χ0v) is 13.5. The van der Waals surface area contributed by atoms with Crippen LogP contribution in [-0.4, -0.2) is 47.9 Å². The molecule has 21 heavy (non-hydrogen) atoms. The number of ether oxygens (including phenoxy) is 1. The Kier molecular flexibility index (Phi) is 5.66. The van der Waals surface area contributed by atoms with Gasteiger partial charge in [0.25, 0.3) is 0 Å². The Morgan fingerprint density at radius 1 is 1.43 bits per heavy atom. The second-order valence-electron chi connectivity index (χ2n) is 4.59. The van der Waals surface area contributed by atoms with E-state index in [4.69, 9.17) is 10.5 Å². The van der Waals surface area contributed by atoms with Gasteiger partial charge >= 0.3 is 0 Å². The van der Waals surface area contributed by atoms with Gasteiger partial charge in [0, 0.05) is 31.6 Å². The molecule has 2 aromatic rings. The van der Waals surface area contributed by atoms with E-state index in [1.165, 1.54) is 23.1 Å². The maximum absolute atomic E-state index is 9.93. The SMILES string of the molecule is CN(C)c1nnc(SCC(O)COc2cccc(N)c2)s1. The van der Waals surface area contributed by atoms with Gasteiger partial charge in [-0.15, -0.1) is 10.2 Å². The summed E-state index contributed by atoms with van der Waals surface area (Å²) < 4.78 is 6.33. The summed E-state index contributed by atoms with van der Waals surface area (Å²) in [7, 11) is 3.84. The summed E-state index contributed by atoms with van der Waals surface area (Å²) in [5.41, 5.74) is 6.30. The van der Waals surface area contributed by atoms with E-state index in [0.717, 1.165) is 9.47 Å². The first kappa shape index (κ1) is 15.9. The van der Waals surface area contributed by atoms with E-state index in [2.05, 4.69) is 10.2 Å². The Labute approximate surface area is 131 Å². The smallest absolute Gasteiger partial charge is 0.208 e. The zero-order valence-electron chi connectivity index (χ0n) is 11.9. The van der Waals surface area contributed by atoms with E-state index in [1.807, 2.05) is 31.1 Å². The Morgan fingerprint density at radius 2 is 2.24 bits per heavy atom. The number of hydrogen-bond donors (Lipinski definition) is 2. The van der Waals surface area contributed by atoms with Crippen molar-refractivity contribution in [1.29, 1.82) is 0 Å². The molecular formula is C13H18N4O2S2. The lowest BCUT2D eigenvalue weighted by molar-refractivity contribution is 0.126. The number of nitrogens with two attached hydrogens (primary N) is 1. The Morgan fingerprint density at radius 3 is 2.90 bits per heavy atom. The third-order valence-electron chi connectivity index (χ3n) is 2.48. The van der Waals surface area contributed by atoms with Gasteiger partial charge < -0.3 is 20.5 Å². The van der Waals surface area contributed by atoms with Gasteiger partial charge in [-0.25, -0.2) is 0 Å². The number of anilines is 2. The summed E-state index contributed by atoms with van der Waals surface area (Å²) in [5.74, 6) is 1.16. The number of benzene rings is 1. The monoisotopic (exact) mass is 326 g/mol. The van der Waals surface area contributed by atoms with Gasteiger partial charge in [-0.2, -0.15) is 0 Å². The van der Waals surface area contributed by atoms with Crippen LogP contribution in [0.1, 0.15) is 0 Å². The second kappa shape index (κ2) is 7.48. The molecule has 1 heterocycles. The molecule has 3 N–H and O–H groups in total. The average Bonchev–Trinajstić information content (AvgIpc) is 2.92. The Hall–Kier alpha value is -1.51. The number of rotatable bonds is 7. The van der Waals surface area contributed by atoms with Gasteiger partial charge in [-0.05, 0) is 12.1 Å². The molecule has 6 nitrogen and oxygen atoms in total. The Bertz CT molecular complexity index is 577. The summed E-state index contributed by atoms with van der Waals surface area (Å²) in [4.78, 5) is 1.90. The third-order valence-corrected chi connectivity index (χ3v) is 4.85. The van der Waals surface area contributed by atoms with Gasteiger partial charge in [0.05, 0.1) is 6.10 Å². The highest BCUT2D eigenvalue weighted by Gasteiger charge is 2.10. The molecule has 0 aliphatic rings. The lowest BCUT2D eigenvalue weighted by atomic mass is 10.3. The van der Waals surface area contributed by atoms with Crippen LogP contribution in [0, 0.1) is 0 Å². The maximum Gasteiger partial charge on any atom is 0.208 e. The van der Waals surface area contributed by atoms with Crippen LogP contribution < -0.4 is 15.4 Å². The molecule has 0 spiro atoms. The number of aromatic nitrogens is 2. The number of nitrogens with zero attached hydrogens (tertiary/aromatic N) is 3. The normalized spacial score (nSPS) is 12.1. The van der Waals surface area contributed by atoms with Crippen molar-refractivity contribution < 1.29 is 9.84 Å². The zero-order chi connectivity index (χ0) is 15.2. The van der Waals surface area contributed by atoms with Crippen molar-refractivity contribution in [2.75, 3.05) is 37.1 Å². The number of hydrogen-bond acceptors (Lipinski definition) is 8.